The lowest BCUT2D eigenvalue weighted by Crippen LogP contribution is -2.69. The maximum atomic E-state index is 15.6. The Labute approximate surface area is 762 Å². The van der Waals surface area contributed by atoms with E-state index in [1.807, 2.05) is 0 Å². The molecule has 0 aromatic carbocycles. The predicted molar refractivity (Wildman–Crippen MR) is 446 cm³/mol. The van der Waals surface area contributed by atoms with Gasteiger partial charge in [-0.2, -0.15) is 0 Å². The van der Waals surface area contributed by atoms with E-state index < -0.39 is 302 Å². The smallest absolute Gasteiger partial charge is 0.465 e. The highest BCUT2D eigenvalue weighted by Crippen LogP contribution is 2.52. The van der Waals surface area contributed by atoms with Crippen LogP contribution in [0.25, 0.3) is 0 Å². The van der Waals surface area contributed by atoms with E-state index in [0.29, 0.717) is 19.3 Å². The van der Waals surface area contributed by atoms with Gasteiger partial charge in [0.25, 0.3) is 11.6 Å². The lowest BCUT2D eigenvalue weighted by Gasteiger charge is -2.52. The van der Waals surface area contributed by atoms with Crippen molar-refractivity contribution in [2.75, 3.05) is 68.1 Å². The Morgan fingerprint density at radius 1 is 0.397 bits per heavy atom. The van der Waals surface area contributed by atoms with Crippen molar-refractivity contribution in [2.24, 2.45) is 11.8 Å². The molecule has 3 N–H and O–H groups in total. The first-order valence-corrected chi connectivity index (χ1v) is 45.7. The number of nitrogens with one attached hydrogen (secondary N) is 2. The molecule has 20 atom stereocenters. The standard InChI is InChI=1S/C86H137N2O42P/c1-19-21-23-25-27-29-31-33-35-37-63(117-53(7)93)39-69(101)87-71-79(123-59(13)99)77(122-58(12)98)67(125-81(71)103)47-115-82-72(88-70(102)40-64(118-54(8)94)38-36-34-32-30-28-26-24-22-20-2)80(124-60(14)100)78(130-131(106,109-17)110-18)68(126-82)48-116-85(83(104)107-15)42-66(76(121-57(11)97)74(128-85)62(45-113-51(5)91)46-114-52(6)92)127-86(84(105)108-16)41-65(119-55(9)95)75(120-56(10)96)73(129-86)61(43-111-49(3)89)44-112-50(4)90/h61-68,71-82,103H,19-48H2,1-18H3,(H,87,101)(H,88,102)/t63-,64+,65-,66-,67-,68-,71-,72-,73-,74-,75-,76-,77-,78-,79-,80-,81+,82-,85-,86-/m1/s1. The zero-order chi connectivity index (χ0) is 97.9. The summed E-state index contributed by atoms with van der Waals surface area (Å²) in [5.41, 5.74) is 0. The molecule has 748 valence electrons. The Bertz CT molecular complexity index is 3710. The van der Waals surface area contributed by atoms with Crippen LogP contribution in [0.4, 0.5) is 0 Å². The quantitative estimate of drug-likeness (QED) is 0.0254. The van der Waals surface area contributed by atoms with Crippen molar-refractivity contribution in [1.29, 1.82) is 0 Å². The molecular weight excluding hydrogens is 1760 g/mol. The molecule has 44 nitrogen and oxygen atoms in total. The van der Waals surface area contributed by atoms with Crippen molar-refractivity contribution in [3.63, 3.8) is 0 Å². The maximum absolute atomic E-state index is 15.6. The van der Waals surface area contributed by atoms with Crippen molar-refractivity contribution < 1.29 is 199 Å². The number of aliphatic hydroxyl groups is 1. The summed E-state index contributed by atoms with van der Waals surface area (Å²) in [6, 6.07) is -3.83. The third-order valence-electron chi connectivity index (χ3n) is 21.4. The van der Waals surface area contributed by atoms with Crippen LogP contribution >= 0.6 is 7.82 Å². The third kappa shape index (κ3) is 39.8. The van der Waals surface area contributed by atoms with Crippen LogP contribution < -0.4 is 10.6 Å². The van der Waals surface area contributed by atoms with Gasteiger partial charge in [-0.1, -0.05) is 117 Å². The highest BCUT2D eigenvalue weighted by Gasteiger charge is 2.65. The molecule has 0 aromatic heterocycles. The number of unbranched alkanes of at least 4 members (excludes halogenated alkanes) is 16. The molecule has 0 radical (unpaired) electrons. The van der Waals surface area contributed by atoms with E-state index in [-0.39, 0.29) is 12.8 Å². The number of hydrogen-bond acceptors (Lipinski definition) is 42. The van der Waals surface area contributed by atoms with Crippen LogP contribution in [0.1, 0.15) is 251 Å². The predicted octanol–water partition coefficient (Wildman–Crippen LogP) is 6.48. The van der Waals surface area contributed by atoms with E-state index in [9.17, 15) is 72.0 Å². The molecule has 4 saturated heterocycles. The summed E-state index contributed by atoms with van der Waals surface area (Å²) in [5, 5.41) is 17.4. The van der Waals surface area contributed by atoms with E-state index in [0.717, 1.165) is 208 Å². The first kappa shape index (κ1) is 115. The normalized spacial score (nSPS) is 25.8. The largest absolute Gasteiger partial charge is 0.474 e. The number of hydrogen-bond donors (Lipinski definition) is 3. The van der Waals surface area contributed by atoms with Crippen molar-refractivity contribution in [1.82, 2.24) is 10.6 Å². The highest BCUT2D eigenvalue weighted by atomic mass is 31.2. The summed E-state index contributed by atoms with van der Waals surface area (Å²) in [5.74, 6) is -26.8. The molecule has 4 fully saturated rings. The molecular formula is C86H137N2O42P. The second-order valence-corrected chi connectivity index (χ2v) is 34.2. The maximum Gasteiger partial charge on any atom is 0.474 e. The SMILES string of the molecule is CCCCCCCCCCC[C@H](CC(=O)N[C@@H]1[C@@H](OC(C)=O)[C@H](OC(C)=O)[C@@H](CO[C@@H]2O[C@H](CO[C@]3(C(=O)OC)C[C@@H](O[C@]4(C(=O)OC)C[C@@H](OC(C)=O)[C@@H](OC(C)=O)[C@@H](C(COC(C)=O)COC(C)=O)O4)[C@@H](OC(C)=O)[C@@H](C(COC(C)=O)COC(C)=O)O3)[C@@H](OP(=O)(OC)OC)[C@H](OC(C)=O)[C@H]2NC(=O)C[C@H](CCCCCCCCCCC)OC(C)=O)O[C@@H]1O)OC(C)=O. The fourth-order valence-electron chi connectivity index (χ4n) is 15.7. The molecule has 0 aromatic rings. The second-order valence-electron chi connectivity index (χ2n) is 32.4. The van der Waals surface area contributed by atoms with Crippen molar-refractivity contribution in [3.05, 3.63) is 0 Å². The van der Waals surface area contributed by atoms with Gasteiger partial charge in [0.2, 0.25) is 11.8 Å². The molecule has 4 aliphatic heterocycles. The number of amides is 2. The van der Waals surface area contributed by atoms with Crippen LogP contribution in [-0.2, 0) is 194 Å². The topological polar surface area (TPSA) is 556 Å². The van der Waals surface area contributed by atoms with E-state index in [2.05, 4.69) is 24.5 Å². The molecule has 0 saturated carbocycles. The molecule has 4 rings (SSSR count). The Balaban J connectivity index is 2.13. The average Bonchev–Trinajstić information content (AvgIpc) is 0.737. The number of phosphoric acid groups is 1. The van der Waals surface area contributed by atoms with Crippen LogP contribution in [-0.4, -0.2) is 290 Å². The molecule has 2 amide bonds. The van der Waals surface area contributed by atoms with Crippen LogP contribution in [0.3, 0.4) is 0 Å². The number of ether oxygens (including phenoxy) is 21. The zero-order valence-corrected chi connectivity index (χ0v) is 79.3. The van der Waals surface area contributed by atoms with Crippen LogP contribution in [0.5, 0.6) is 0 Å². The average molecular weight is 1900 g/mol. The van der Waals surface area contributed by atoms with Crippen LogP contribution in [0.15, 0.2) is 0 Å². The molecule has 0 spiro atoms. The molecule has 0 bridgehead atoms. The van der Waals surface area contributed by atoms with Crippen molar-refractivity contribution in [2.45, 2.75) is 373 Å². The molecule has 4 heterocycles. The van der Waals surface area contributed by atoms with Gasteiger partial charge in [0.1, 0.15) is 67.0 Å². The lowest BCUT2D eigenvalue weighted by molar-refractivity contribution is -0.377. The number of rotatable bonds is 58. The van der Waals surface area contributed by atoms with E-state index >= 15 is 14.4 Å². The minimum atomic E-state index is -5.09. The van der Waals surface area contributed by atoms with Crippen LogP contribution in [0.2, 0.25) is 0 Å². The fourth-order valence-corrected chi connectivity index (χ4v) is 16.6. The summed E-state index contributed by atoms with van der Waals surface area (Å²) >= 11 is 0. The van der Waals surface area contributed by atoms with Gasteiger partial charge in [-0.05, 0) is 25.7 Å². The Morgan fingerprint density at radius 2 is 0.748 bits per heavy atom. The van der Waals surface area contributed by atoms with Gasteiger partial charge >= 0.3 is 91.4 Å². The minimum Gasteiger partial charge on any atom is -0.465 e. The van der Waals surface area contributed by atoms with Gasteiger partial charge in [-0.25, -0.2) is 14.2 Å². The number of carbonyl (C=O) groups excluding carboxylic acids is 16. The lowest BCUT2D eigenvalue weighted by atomic mass is 9.86. The second kappa shape index (κ2) is 58.5. The summed E-state index contributed by atoms with van der Waals surface area (Å²) < 4.78 is 157. The van der Waals surface area contributed by atoms with Gasteiger partial charge in [0.05, 0.1) is 85.0 Å². The zero-order valence-electron chi connectivity index (χ0n) is 78.4. The number of carbonyl (C=O) groups is 16. The monoisotopic (exact) mass is 1900 g/mol. The first-order valence-electron chi connectivity index (χ1n) is 44.3. The molecule has 4 aliphatic rings. The first-order chi connectivity index (χ1) is 61.9. The van der Waals surface area contributed by atoms with Crippen LogP contribution in [0, 0.1) is 11.8 Å². The van der Waals surface area contributed by atoms with E-state index in [1.165, 1.54) is 0 Å². The molecule has 0 aliphatic carbocycles. The number of esters is 14. The Kier molecular flexibility index (Phi) is 51.2. The van der Waals surface area contributed by atoms with Gasteiger partial charge in [0, 0.05) is 104 Å². The molecule has 45 heteroatoms. The molecule has 131 heavy (non-hydrogen) atoms. The van der Waals surface area contributed by atoms with E-state index in [1.54, 1.807) is 0 Å². The highest BCUT2D eigenvalue weighted by molar-refractivity contribution is 7.48. The van der Waals surface area contributed by atoms with Gasteiger partial charge in [-0.15, -0.1) is 0 Å². The number of phosphoric ester groups is 1. The van der Waals surface area contributed by atoms with Gasteiger partial charge in [-0.3, -0.25) is 80.7 Å². The van der Waals surface area contributed by atoms with Gasteiger partial charge in [0.15, 0.2) is 43.1 Å². The minimum absolute atomic E-state index is 0.133. The summed E-state index contributed by atoms with van der Waals surface area (Å²) in [7, 11) is -1.75. The third-order valence-corrected chi connectivity index (χ3v) is 22.8. The van der Waals surface area contributed by atoms with Crippen molar-refractivity contribution >= 4 is 103 Å². The number of aliphatic hydroxyl groups excluding tert-OH is 1. The number of methoxy groups -OCH3 is 2. The fraction of sp³-hybridized carbons (Fsp3) is 0.814. The van der Waals surface area contributed by atoms with Gasteiger partial charge < -0.3 is 115 Å². The summed E-state index contributed by atoms with van der Waals surface area (Å²) in [4.78, 5) is 217. The molecule has 0 unspecified atom stereocenters. The summed E-state index contributed by atoms with van der Waals surface area (Å²) in [6.07, 6.45) is -17.7. The Morgan fingerprint density at radius 3 is 1.14 bits per heavy atom. The summed E-state index contributed by atoms with van der Waals surface area (Å²) in [6.45, 7) is 10.2. The van der Waals surface area contributed by atoms with E-state index in [4.69, 9.17) is 113 Å². The van der Waals surface area contributed by atoms with Crippen molar-refractivity contribution in [3.8, 4) is 0 Å². The Hall–Kier alpha value is -8.69.